The lowest BCUT2D eigenvalue weighted by Crippen LogP contribution is -2.11. The zero-order valence-corrected chi connectivity index (χ0v) is 7.41. The molecule has 0 atom stereocenters. The van der Waals surface area contributed by atoms with Crippen LogP contribution in [0.2, 0.25) is 5.15 Å². The van der Waals surface area contributed by atoms with Gasteiger partial charge in [-0.25, -0.2) is 9.97 Å². The Morgan fingerprint density at radius 3 is 2.82 bits per heavy atom. The fourth-order valence-corrected chi connectivity index (χ4v) is 1.09. The van der Waals surface area contributed by atoms with Crippen molar-refractivity contribution < 1.29 is 0 Å². The Morgan fingerprint density at radius 1 is 1.73 bits per heavy atom. The van der Waals surface area contributed by atoms with E-state index in [-0.39, 0.29) is 4.99 Å². The van der Waals surface area contributed by atoms with Gasteiger partial charge in [-0.15, -0.1) is 0 Å². The first kappa shape index (κ1) is 8.36. The molecule has 0 aliphatic rings. The van der Waals surface area contributed by atoms with Crippen molar-refractivity contribution in [3.63, 3.8) is 0 Å². The summed E-state index contributed by atoms with van der Waals surface area (Å²) in [6.07, 6.45) is 1.52. The Kier molecular flexibility index (Phi) is 2.36. The average Bonchev–Trinajstić information content (AvgIpc) is 1.85. The molecule has 0 aromatic carbocycles. The van der Waals surface area contributed by atoms with Gasteiger partial charge in [-0.1, -0.05) is 23.8 Å². The summed E-state index contributed by atoms with van der Waals surface area (Å²) in [5, 5.41) is 0.310. The highest BCUT2D eigenvalue weighted by Crippen LogP contribution is 2.10. The maximum absolute atomic E-state index is 5.71. The lowest BCUT2D eigenvalue weighted by atomic mass is 10.3. The predicted molar refractivity (Wildman–Crippen MR) is 47.7 cm³/mol. The van der Waals surface area contributed by atoms with Gasteiger partial charge in [0, 0.05) is 6.20 Å². The lowest BCUT2D eigenvalue weighted by Gasteiger charge is -1.99. The Morgan fingerprint density at radius 2 is 2.36 bits per heavy atom. The zero-order valence-electron chi connectivity index (χ0n) is 5.84. The predicted octanol–water partition coefficient (Wildman–Crippen LogP) is 1.07. The van der Waals surface area contributed by atoms with Crippen LogP contribution in [0.5, 0.6) is 0 Å². The molecule has 0 aliphatic carbocycles. The number of aryl methyl sites for hydroxylation is 1. The third-order valence-electron chi connectivity index (χ3n) is 1.13. The minimum atomic E-state index is 0.218. The standard InChI is InChI=1S/C6H6ClN3S/c1-3-9-2-4(6(8)11)5(7)10-3/h2H,1H3,(H2,8,11). The summed E-state index contributed by atoms with van der Waals surface area (Å²) in [5.41, 5.74) is 5.85. The molecule has 0 spiro atoms. The second-order valence-electron chi connectivity index (χ2n) is 1.99. The van der Waals surface area contributed by atoms with E-state index in [0.717, 1.165) is 0 Å². The van der Waals surface area contributed by atoms with Crippen molar-refractivity contribution in [3.8, 4) is 0 Å². The quantitative estimate of drug-likeness (QED) is 0.528. The third kappa shape index (κ3) is 1.85. The van der Waals surface area contributed by atoms with E-state index < -0.39 is 0 Å². The molecule has 58 valence electrons. The molecule has 0 amide bonds. The van der Waals surface area contributed by atoms with E-state index in [1.165, 1.54) is 6.20 Å². The fraction of sp³-hybridized carbons (Fsp3) is 0.167. The van der Waals surface area contributed by atoms with E-state index in [1.807, 2.05) is 0 Å². The smallest absolute Gasteiger partial charge is 0.142 e. The maximum atomic E-state index is 5.71. The van der Waals surface area contributed by atoms with Crippen LogP contribution in [0.4, 0.5) is 0 Å². The Labute approximate surface area is 74.6 Å². The van der Waals surface area contributed by atoms with E-state index in [1.54, 1.807) is 6.92 Å². The van der Waals surface area contributed by atoms with Crippen molar-refractivity contribution in [1.29, 1.82) is 0 Å². The molecule has 11 heavy (non-hydrogen) atoms. The van der Waals surface area contributed by atoms with Crippen molar-refractivity contribution in [2.75, 3.05) is 0 Å². The lowest BCUT2D eigenvalue weighted by molar-refractivity contribution is 1.05. The highest BCUT2D eigenvalue weighted by atomic mass is 35.5. The molecule has 0 saturated carbocycles. The molecule has 0 fully saturated rings. The van der Waals surface area contributed by atoms with Crippen LogP contribution >= 0.6 is 23.8 Å². The molecule has 0 radical (unpaired) electrons. The first-order valence-corrected chi connectivity index (χ1v) is 3.69. The van der Waals surface area contributed by atoms with E-state index in [4.69, 9.17) is 29.6 Å². The monoisotopic (exact) mass is 187 g/mol. The summed E-state index contributed by atoms with van der Waals surface area (Å²) in [6, 6.07) is 0. The summed E-state index contributed by atoms with van der Waals surface area (Å²) < 4.78 is 0. The minimum absolute atomic E-state index is 0.218. The van der Waals surface area contributed by atoms with Crippen LogP contribution in [0.3, 0.4) is 0 Å². The number of hydrogen-bond donors (Lipinski definition) is 1. The number of aromatic nitrogens is 2. The van der Waals surface area contributed by atoms with Gasteiger partial charge in [0.2, 0.25) is 0 Å². The van der Waals surface area contributed by atoms with Gasteiger partial charge in [0.05, 0.1) is 5.56 Å². The largest absolute Gasteiger partial charge is 0.389 e. The van der Waals surface area contributed by atoms with Crippen LogP contribution in [-0.2, 0) is 0 Å². The van der Waals surface area contributed by atoms with Gasteiger partial charge in [-0.2, -0.15) is 0 Å². The van der Waals surface area contributed by atoms with Crippen LogP contribution in [0, 0.1) is 6.92 Å². The number of nitrogens with zero attached hydrogens (tertiary/aromatic N) is 2. The number of rotatable bonds is 1. The van der Waals surface area contributed by atoms with E-state index in [2.05, 4.69) is 9.97 Å². The first-order chi connectivity index (χ1) is 5.11. The van der Waals surface area contributed by atoms with Gasteiger partial charge < -0.3 is 5.73 Å². The highest BCUT2D eigenvalue weighted by molar-refractivity contribution is 7.80. The van der Waals surface area contributed by atoms with E-state index in [0.29, 0.717) is 16.5 Å². The summed E-state index contributed by atoms with van der Waals surface area (Å²) in [7, 11) is 0. The minimum Gasteiger partial charge on any atom is -0.389 e. The Hall–Kier alpha value is -0.740. The van der Waals surface area contributed by atoms with Gasteiger partial charge in [0.25, 0.3) is 0 Å². The van der Waals surface area contributed by atoms with E-state index >= 15 is 0 Å². The van der Waals surface area contributed by atoms with Crippen molar-refractivity contribution >= 4 is 28.8 Å². The van der Waals surface area contributed by atoms with Gasteiger partial charge in [-0.05, 0) is 6.92 Å². The van der Waals surface area contributed by atoms with E-state index in [9.17, 15) is 0 Å². The number of nitrogens with two attached hydrogens (primary N) is 1. The molecular formula is C6H6ClN3S. The molecule has 0 unspecified atom stereocenters. The van der Waals surface area contributed by atoms with Crippen LogP contribution < -0.4 is 5.73 Å². The molecule has 0 saturated heterocycles. The van der Waals surface area contributed by atoms with Gasteiger partial charge >= 0.3 is 0 Å². The second kappa shape index (κ2) is 3.11. The van der Waals surface area contributed by atoms with Crippen molar-refractivity contribution in [1.82, 2.24) is 9.97 Å². The molecule has 5 heteroatoms. The Bertz CT molecular complexity index is 300. The number of halogens is 1. The molecule has 1 rings (SSSR count). The van der Waals surface area contributed by atoms with Crippen LogP contribution in [-0.4, -0.2) is 15.0 Å². The summed E-state index contributed by atoms with van der Waals surface area (Å²) in [5.74, 6) is 0.606. The van der Waals surface area contributed by atoms with Crippen molar-refractivity contribution in [2.45, 2.75) is 6.92 Å². The van der Waals surface area contributed by atoms with Gasteiger partial charge in [0.1, 0.15) is 16.0 Å². The molecule has 1 heterocycles. The molecule has 2 N–H and O–H groups in total. The number of hydrogen-bond acceptors (Lipinski definition) is 3. The van der Waals surface area contributed by atoms with Crippen molar-refractivity contribution in [3.05, 3.63) is 22.7 Å². The molecule has 1 aromatic heterocycles. The molecule has 1 aromatic rings. The SMILES string of the molecule is Cc1ncc(C(N)=S)c(Cl)n1. The third-order valence-corrected chi connectivity index (χ3v) is 1.64. The van der Waals surface area contributed by atoms with Crippen LogP contribution in [0.1, 0.15) is 11.4 Å². The topological polar surface area (TPSA) is 51.8 Å². The normalized spacial score (nSPS) is 9.64. The molecule has 3 nitrogen and oxygen atoms in total. The fourth-order valence-electron chi connectivity index (χ4n) is 0.608. The summed E-state index contributed by atoms with van der Waals surface area (Å²) in [6.45, 7) is 1.75. The highest BCUT2D eigenvalue weighted by Gasteiger charge is 2.04. The average molecular weight is 188 g/mol. The number of thiocarbonyl (C=S) groups is 1. The molecule has 0 bridgehead atoms. The van der Waals surface area contributed by atoms with Gasteiger partial charge in [-0.3, -0.25) is 0 Å². The zero-order chi connectivity index (χ0) is 8.43. The second-order valence-corrected chi connectivity index (χ2v) is 2.78. The van der Waals surface area contributed by atoms with Gasteiger partial charge in [0.15, 0.2) is 0 Å². The van der Waals surface area contributed by atoms with Crippen molar-refractivity contribution in [2.24, 2.45) is 5.73 Å². The first-order valence-electron chi connectivity index (χ1n) is 2.90. The summed E-state index contributed by atoms with van der Waals surface area (Å²) in [4.78, 5) is 8.00. The maximum Gasteiger partial charge on any atom is 0.142 e. The molecular weight excluding hydrogens is 182 g/mol. The van der Waals surface area contributed by atoms with Crippen LogP contribution in [0.25, 0.3) is 0 Å². The Balaban J connectivity index is 3.20. The van der Waals surface area contributed by atoms with Crippen LogP contribution in [0.15, 0.2) is 6.20 Å². The summed E-state index contributed by atoms with van der Waals surface area (Å²) >= 11 is 10.4. The molecule has 0 aliphatic heterocycles.